The van der Waals surface area contributed by atoms with Crippen molar-refractivity contribution in [3.63, 3.8) is 0 Å². The van der Waals surface area contributed by atoms with Crippen LogP contribution in [-0.2, 0) is 0 Å². The van der Waals surface area contributed by atoms with Crippen molar-refractivity contribution in [2.75, 3.05) is 19.5 Å². The van der Waals surface area contributed by atoms with Crippen molar-refractivity contribution < 1.29 is 14.3 Å². The summed E-state index contributed by atoms with van der Waals surface area (Å²) in [6, 6.07) is 12.6. The molecule has 0 atom stereocenters. The number of nitrogens with zero attached hydrogens (tertiary/aromatic N) is 1. The summed E-state index contributed by atoms with van der Waals surface area (Å²) in [6.07, 6.45) is 0. The Morgan fingerprint density at radius 2 is 1.95 bits per heavy atom. The zero-order valence-corrected chi connectivity index (χ0v) is 12.2. The van der Waals surface area contributed by atoms with E-state index in [0.717, 1.165) is 11.0 Å². The smallest absolute Gasteiger partial charge is 0.261 e. The highest BCUT2D eigenvalue weighted by molar-refractivity contribution is 6.06. The van der Waals surface area contributed by atoms with Crippen LogP contribution in [0.15, 0.2) is 42.5 Å². The highest BCUT2D eigenvalue weighted by atomic mass is 16.5. The fraction of sp³-hybridized carbons (Fsp3) is 0.125. The Morgan fingerprint density at radius 3 is 2.68 bits per heavy atom. The number of ether oxygens (including phenoxy) is 2. The molecule has 0 aliphatic carbocycles. The number of H-pyrrole nitrogens is 1. The molecule has 0 aliphatic rings. The van der Waals surface area contributed by atoms with E-state index in [1.165, 1.54) is 7.11 Å². The lowest BCUT2D eigenvalue weighted by atomic mass is 10.1. The molecule has 0 fully saturated rings. The number of hydrogen-bond acceptors (Lipinski definition) is 4. The van der Waals surface area contributed by atoms with Crippen LogP contribution in [0.1, 0.15) is 10.4 Å². The molecular weight excluding hydrogens is 282 g/mol. The number of fused-ring (bicyclic) bond motifs is 1. The summed E-state index contributed by atoms with van der Waals surface area (Å²) < 4.78 is 10.4. The highest BCUT2D eigenvalue weighted by Gasteiger charge is 2.15. The number of amides is 1. The van der Waals surface area contributed by atoms with Crippen molar-refractivity contribution in [3.05, 3.63) is 48.0 Å². The monoisotopic (exact) mass is 297 g/mol. The van der Waals surface area contributed by atoms with Gasteiger partial charge in [-0.05, 0) is 30.3 Å². The first-order valence-corrected chi connectivity index (χ1v) is 6.69. The van der Waals surface area contributed by atoms with Gasteiger partial charge in [0.1, 0.15) is 11.5 Å². The van der Waals surface area contributed by atoms with Crippen LogP contribution in [0, 0.1) is 0 Å². The predicted octanol–water partition coefficient (Wildman–Crippen LogP) is 2.83. The van der Waals surface area contributed by atoms with Gasteiger partial charge in [-0.15, -0.1) is 0 Å². The molecule has 1 heterocycles. The molecular formula is C16H15N3O3. The molecule has 3 rings (SSSR count). The molecule has 112 valence electrons. The highest BCUT2D eigenvalue weighted by Crippen LogP contribution is 2.25. The molecule has 6 heteroatoms. The third-order valence-electron chi connectivity index (χ3n) is 3.27. The van der Waals surface area contributed by atoms with Gasteiger partial charge in [-0.2, -0.15) is 0 Å². The first kappa shape index (κ1) is 13.9. The van der Waals surface area contributed by atoms with Crippen LogP contribution in [0.4, 0.5) is 5.95 Å². The summed E-state index contributed by atoms with van der Waals surface area (Å²) in [4.78, 5) is 19.8. The van der Waals surface area contributed by atoms with Crippen LogP contribution in [0.2, 0.25) is 0 Å². The Morgan fingerprint density at radius 1 is 1.14 bits per heavy atom. The Balaban J connectivity index is 1.90. The quantitative estimate of drug-likeness (QED) is 0.776. The molecule has 0 spiro atoms. The number of imidazole rings is 1. The third kappa shape index (κ3) is 2.58. The van der Waals surface area contributed by atoms with Crippen molar-refractivity contribution in [2.45, 2.75) is 0 Å². The zero-order valence-electron chi connectivity index (χ0n) is 12.2. The first-order valence-electron chi connectivity index (χ1n) is 6.69. The van der Waals surface area contributed by atoms with Gasteiger partial charge in [0.25, 0.3) is 5.91 Å². The summed E-state index contributed by atoms with van der Waals surface area (Å²) in [7, 11) is 3.06. The van der Waals surface area contributed by atoms with Crippen molar-refractivity contribution >= 4 is 22.9 Å². The maximum absolute atomic E-state index is 12.4. The van der Waals surface area contributed by atoms with Gasteiger partial charge < -0.3 is 14.5 Å². The summed E-state index contributed by atoms with van der Waals surface area (Å²) >= 11 is 0. The molecule has 0 saturated heterocycles. The largest absolute Gasteiger partial charge is 0.497 e. The number of hydrogen-bond donors (Lipinski definition) is 2. The number of rotatable bonds is 4. The van der Waals surface area contributed by atoms with E-state index in [2.05, 4.69) is 15.3 Å². The summed E-state index contributed by atoms with van der Waals surface area (Å²) in [5.41, 5.74) is 2.02. The van der Waals surface area contributed by atoms with E-state index in [-0.39, 0.29) is 5.91 Å². The van der Waals surface area contributed by atoms with E-state index >= 15 is 0 Å². The normalized spacial score (nSPS) is 10.5. The van der Waals surface area contributed by atoms with E-state index in [1.54, 1.807) is 25.3 Å². The van der Waals surface area contributed by atoms with Gasteiger partial charge in [0, 0.05) is 0 Å². The number of aromatic amines is 1. The Bertz CT molecular complexity index is 793. The molecule has 1 amide bonds. The number of anilines is 1. The third-order valence-corrected chi connectivity index (χ3v) is 3.27. The van der Waals surface area contributed by atoms with E-state index in [9.17, 15) is 4.79 Å². The van der Waals surface area contributed by atoms with Crippen LogP contribution in [0.25, 0.3) is 11.0 Å². The first-order chi connectivity index (χ1) is 10.7. The van der Waals surface area contributed by atoms with E-state index in [0.29, 0.717) is 23.0 Å². The minimum Gasteiger partial charge on any atom is -0.497 e. The molecule has 2 N–H and O–H groups in total. The molecule has 22 heavy (non-hydrogen) atoms. The molecule has 3 aromatic rings. The fourth-order valence-electron chi connectivity index (χ4n) is 2.18. The lowest BCUT2D eigenvalue weighted by Crippen LogP contribution is -2.14. The predicted molar refractivity (Wildman–Crippen MR) is 83.6 cm³/mol. The number of aromatic nitrogens is 2. The molecule has 2 aromatic carbocycles. The van der Waals surface area contributed by atoms with Crippen LogP contribution < -0.4 is 14.8 Å². The lowest BCUT2D eigenvalue weighted by Gasteiger charge is -2.09. The van der Waals surface area contributed by atoms with E-state index in [1.807, 2.05) is 24.3 Å². The number of carbonyl (C=O) groups excluding carboxylic acids is 1. The fourth-order valence-corrected chi connectivity index (χ4v) is 2.18. The maximum atomic E-state index is 12.4. The standard InChI is InChI=1S/C16H15N3O3/c1-21-10-7-8-14(22-2)11(9-10)15(20)19-16-17-12-5-3-4-6-13(12)18-16/h3-9H,1-2H3,(H2,17,18,19,20). The number of benzene rings is 2. The van der Waals surface area contributed by atoms with Crippen molar-refractivity contribution in [3.8, 4) is 11.5 Å². The number of para-hydroxylation sites is 2. The van der Waals surface area contributed by atoms with Crippen molar-refractivity contribution in [2.24, 2.45) is 0 Å². The summed E-state index contributed by atoms with van der Waals surface area (Å²) in [5.74, 6) is 1.11. The second-order valence-electron chi connectivity index (χ2n) is 4.62. The van der Waals surface area contributed by atoms with Crippen LogP contribution >= 0.6 is 0 Å². The van der Waals surface area contributed by atoms with E-state index in [4.69, 9.17) is 9.47 Å². The molecule has 0 bridgehead atoms. The average Bonchev–Trinajstić information content (AvgIpc) is 2.96. The Labute approximate surface area is 127 Å². The van der Waals surface area contributed by atoms with Gasteiger partial charge in [-0.1, -0.05) is 12.1 Å². The second kappa shape index (κ2) is 5.77. The molecule has 0 unspecified atom stereocenters. The van der Waals surface area contributed by atoms with Gasteiger partial charge >= 0.3 is 0 Å². The number of carbonyl (C=O) groups is 1. The SMILES string of the molecule is COc1ccc(OC)c(C(=O)Nc2nc3ccccc3[nH]2)c1. The molecule has 0 saturated carbocycles. The zero-order chi connectivity index (χ0) is 15.5. The van der Waals surface area contributed by atoms with Gasteiger partial charge in [-0.25, -0.2) is 4.98 Å². The van der Waals surface area contributed by atoms with Gasteiger partial charge in [0.05, 0.1) is 30.8 Å². The van der Waals surface area contributed by atoms with Gasteiger partial charge in [0.15, 0.2) is 0 Å². The number of methoxy groups -OCH3 is 2. The number of nitrogens with one attached hydrogen (secondary N) is 2. The lowest BCUT2D eigenvalue weighted by molar-refractivity contribution is 0.102. The topological polar surface area (TPSA) is 76.2 Å². The molecule has 0 radical (unpaired) electrons. The molecule has 0 aliphatic heterocycles. The van der Waals surface area contributed by atoms with Gasteiger partial charge in [0.2, 0.25) is 5.95 Å². The van der Waals surface area contributed by atoms with Crippen molar-refractivity contribution in [1.82, 2.24) is 9.97 Å². The van der Waals surface area contributed by atoms with Crippen molar-refractivity contribution in [1.29, 1.82) is 0 Å². The molecule has 1 aromatic heterocycles. The second-order valence-corrected chi connectivity index (χ2v) is 4.62. The molecule has 6 nitrogen and oxygen atoms in total. The summed E-state index contributed by atoms with van der Waals surface area (Å²) in [6.45, 7) is 0. The Hall–Kier alpha value is -3.02. The average molecular weight is 297 g/mol. The van der Waals surface area contributed by atoms with E-state index < -0.39 is 0 Å². The minimum absolute atomic E-state index is 0.324. The van der Waals surface area contributed by atoms with Crippen LogP contribution in [0.3, 0.4) is 0 Å². The van der Waals surface area contributed by atoms with Gasteiger partial charge in [-0.3, -0.25) is 10.1 Å². The van der Waals surface area contributed by atoms with Crippen LogP contribution in [0.5, 0.6) is 11.5 Å². The summed E-state index contributed by atoms with van der Waals surface area (Å²) in [5, 5.41) is 2.73. The van der Waals surface area contributed by atoms with Crippen LogP contribution in [-0.4, -0.2) is 30.1 Å². The minimum atomic E-state index is -0.324. The Kier molecular flexibility index (Phi) is 3.65. The maximum Gasteiger partial charge on any atom is 0.261 e.